The summed E-state index contributed by atoms with van der Waals surface area (Å²) in [6, 6.07) is 5.58. The van der Waals surface area contributed by atoms with Crippen LogP contribution in [0.15, 0.2) is 18.2 Å². The Bertz CT molecular complexity index is 407. The minimum Gasteiger partial charge on any atom is -0.484 e. The third-order valence-electron chi connectivity index (χ3n) is 3.13. The molecular weight excluding hydrogens is 240 g/mol. The van der Waals surface area contributed by atoms with Crippen LogP contribution in [0.4, 0.5) is 0 Å². The molecule has 0 bridgehead atoms. The molecule has 2 aliphatic rings. The van der Waals surface area contributed by atoms with Gasteiger partial charge < -0.3 is 14.8 Å². The van der Waals surface area contributed by atoms with E-state index in [1.807, 2.05) is 18.2 Å². The van der Waals surface area contributed by atoms with Crippen molar-refractivity contribution in [2.45, 2.75) is 6.23 Å². The first kappa shape index (κ1) is 11.1. The van der Waals surface area contributed by atoms with Gasteiger partial charge in [-0.15, -0.1) is 0 Å². The summed E-state index contributed by atoms with van der Waals surface area (Å²) < 4.78 is 11.6. The van der Waals surface area contributed by atoms with E-state index in [1.54, 1.807) is 0 Å². The summed E-state index contributed by atoms with van der Waals surface area (Å²) in [7, 11) is 0. The summed E-state index contributed by atoms with van der Waals surface area (Å²) in [6.07, 6.45) is -0.0236. The van der Waals surface area contributed by atoms with E-state index < -0.39 is 0 Å². The summed E-state index contributed by atoms with van der Waals surface area (Å²) in [6.45, 7) is 4.51. The monoisotopic (exact) mass is 254 g/mol. The minimum atomic E-state index is -0.0236. The number of ether oxygens (including phenoxy) is 2. The van der Waals surface area contributed by atoms with Gasteiger partial charge in [0.2, 0.25) is 0 Å². The molecule has 1 N–H and O–H groups in total. The standard InChI is InChI=1S/C12H15ClN2O2/c13-9-2-1-3-10-12(9)17-11(8-16-10)15-6-4-14-5-7-15/h1-3,11,14H,4-8H2. The summed E-state index contributed by atoms with van der Waals surface area (Å²) in [4.78, 5) is 2.28. The number of halogens is 1. The predicted molar refractivity (Wildman–Crippen MR) is 65.8 cm³/mol. The number of nitrogens with one attached hydrogen (secondary N) is 1. The van der Waals surface area contributed by atoms with Gasteiger partial charge in [-0.25, -0.2) is 0 Å². The second-order valence-corrected chi connectivity index (χ2v) is 4.64. The number of nitrogens with zero attached hydrogens (tertiary/aromatic N) is 1. The third-order valence-corrected chi connectivity index (χ3v) is 3.42. The Morgan fingerprint density at radius 1 is 1.29 bits per heavy atom. The van der Waals surface area contributed by atoms with Crippen LogP contribution in [0.2, 0.25) is 5.02 Å². The highest BCUT2D eigenvalue weighted by Crippen LogP contribution is 2.38. The molecule has 4 nitrogen and oxygen atoms in total. The summed E-state index contributed by atoms with van der Waals surface area (Å²) >= 11 is 6.11. The van der Waals surface area contributed by atoms with Gasteiger partial charge in [-0.05, 0) is 12.1 Å². The van der Waals surface area contributed by atoms with Crippen LogP contribution in [-0.4, -0.2) is 43.9 Å². The van der Waals surface area contributed by atoms with Gasteiger partial charge in [-0.3, -0.25) is 4.90 Å². The van der Waals surface area contributed by atoms with E-state index >= 15 is 0 Å². The summed E-state index contributed by atoms with van der Waals surface area (Å²) in [5, 5.41) is 3.93. The van der Waals surface area contributed by atoms with Crippen molar-refractivity contribution in [2.24, 2.45) is 0 Å². The van der Waals surface area contributed by atoms with E-state index in [4.69, 9.17) is 21.1 Å². The fourth-order valence-corrected chi connectivity index (χ4v) is 2.41. The fraction of sp³-hybridized carbons (Fsp3) is 0.500. The Morgan fingerprint density at radius 2 is 2.12 bits per heavy atom. The number of benzene rings is 1. The highest BCUT2D eigenvalue weighted by molar-refractivity contribution is 6.32. The van der Waals surface area contributed by atoms with Crippen LogP contribution in [0, 0.1) is 0 Å². The number of fused-ring (bicyclic) bond motifs is 1. The molecule has 2 aliphatic heterocycles. The van der Waals surface area contributed by atoms with E-state index in [0.717, 1.165) is 31.9 Å². The zero-order valence-corrected chi connectivity index (χ0v) is 10.2. The van der Waals surface area contributed by atoms with Crippen LogP contribution >= 0.6 is 11.6 Å². The van der Waals surface area contributed by atoms with Crippen molar-refractivity contribution in [1.82, 2.24) is 10.2 Å². The lowest BCUT2D eigenvalue weighted by Crippen LogP contribution is -2.53. The van der Waals surface area contributed by atoms with Crippen LogP contribution in [0.1, 0.15) is 0 Å². The highest BCUT2D eigenvalue weighted by atomic mass is 35.5. The Labute approximate surface area is 105 Å². The molecular formula is C12H15ClN2O2. The first-order valence-corrected chi connectivity index (χ1v) is 6.25. The SMILES string of the molecule is Clc1cccc2c1OC(N1CCNCC1)CO2. The lowest BCUT2D eigenvalue weighted by Gasteiger charge is -2.37. The molecule has 3 rings (SSSR count). The maximum Gasteiger partial charge on any atom is 0.187 e. The molecule has 2 heterocycles. The molecule has 1 saturated heterocycles. The maximum absolute atomic E-state index is 6.11. The van der Waals surface area contributed by atoms with Gasteiger partial charge in [0.25, 0.3) is 0 Å². The second-order valence-electron chi connectivity index (χ2n) is 4.24. The predicted octanol–water partition coefficient (Wildman–Crippen LogP) is 1.34. The fourth-order valence-electron chi connectivity index (χ4n) is 2.20. The molecule has 0 aromatic heterocycles. The van der Waals surface area contributed by atoms with Gasteiger partial charge in [0.05, 0.1) is 5.02 Å². The van der Waals surface area contributed by atoms with Gasteiger partial charge in [-0.1, -0.05) is 17.7 Å². The molecule has 0 aliphatic carbocycles. The average molecular weight is 255 g/mol. The average Bonchev–Trinajstić information content (AvgIpc) is 2.40. The molecule has 1 atom stereocenters. The number of para-hydroxylation sites is 1. The lowest BCUT2D eigenvalue weighted by atomic mass is 10.3. The highest BCUT2D eigenvalue weighted by Gasteiger charge is 2.28. The van der Waals surface area contributed by atoms with Crippen molar-refractivity contribution in [1.29, 1.82) is 0 Å². The van der Waals surface area contributed by atoms with Crippen molar-refractivity contribution >= 4 is 11.6 Å². The quantitative estimate of drug-likeness (QED) is 0.820. The molecule has 1 aromatic rings. The smallest absolute Gasteiger partial charge is 0.187 e. The Morgan fingerprint density at radius 3 is 2.94 bits per heavy atom. The molecule has 1 unspecified atom stereocenters. The molecule has 0 saturated carbocycles. The first-order chi connectivity index (χ1) is 8.34. The normalized spacial score (nSPS) is 24.6. The number of hydrogen-bond donors (Lipinski definition) is 1. The van der Waals surface area contributed by atoms with Crippen LogP contribution in [0.5, 0.6) is 11.5 Å². The minimum absolute atomic E-state index is 0.0236. The van der Waals surface area contributed by atoms with Gasteiger partial charge in [-0.2, -0.15) is 0 Å². The van der Waals surface area contributed by atoms with Crippen molar-refractivity contribution in [2.75, 3.05) is 32.8 Å². The molecule has 1 fully saturated rings. The van der Waals surface area contributed by atoms with E-state index in [9.17, 15) is 0 Å². The van der Waals surface area contributed by atoms with Gasteiger partial charge in [0.1, 0.15) is 6.61 Å². The molecule has 1 aromatic carbocycles. The van der Waals surface area contributed by atoms with Crippen molar-refractivity contribution in [3.05, 3.63) is 23.2 Å². The van der Waals surface area contributed by atoms with Gasteiger partial charge in [0.15, 0.2) is 17.7 Å². The zero-order valence-electron chi connectivity index (χ0n) is 9.49. The summed E-state index contributed by atoms with van der Waals surface area (Å²) in [5.74, 6) is 1.41. The number of rotatable bonds is 1. The summed E-state index contributed by atoms with van der Waals surface area (Å²) in [5.41, 5.74) is 0. The van der Waals surface area contributed by atoms with Crippen molar-refractivity contribution in [3.8, 4) is 11.5 Å². The van der Waals surface area contributed by atoms with Crippen LogP contribution in [0.3, 0.4) is 0 Å². The molecule has 0 amide bonds. The van der Waals surface area contributed by atoms with Crippen molar-refractivity contribution in [3.63, 3.8) is 0 Å². The van der Waals surface area contributed by atoms with Crippen molar-refractivity contribution < 1.29 is 9.47 Å². The molecule has 17 heavy (non-hydrogen) atoms. The number of piperazine rings is 1. The Balaban J connectivity index is 1.77. The molecule has 5 heteroatoms. The van der Waals surface area contributed by atoms with E-state index in [-0.39, 0.29) is 6.23 Å². The second kappa shape index (κ2) is 4.72. The lowest BCUT2D eigenvalue weighted by molar-refractivity contribution is -0.0340. The molecule has 0 spiro atoms. The third kappa shape index (κ3) is 2.20. The van der Waals surface area contributed by atoms with E-state index in [0.29, 0.717) is 17.4 Å². The molecule has 0 radical (unpaired) electrons. The first-order valence-electron chi connectivity index (χ1n) is 5.87. The maximum atomic E-state index is 6.11. The number of hydrogen-bond acceptors (Lipinski definition) is 4. The van der Waals surface area contributed by atoms with Crippen LogP contribution < -0.4 is 14.8 Å². The zero-order chi connectivity index (χ0) is 11.7. The topological polar surface area (TPSA) is 33.7 Å². The van der Waals surface area contributed by atoms with E-state index in [1.165, 1.54) is 0 Å². The van der Waals surface area contributed by atoms with Gasteiger partial charge in [0, 0.05) is 26.2 Å². The Kier molecular flexibility index (Phi) is 3.09. The molecule has 92 valence electrons. The van der Waals surface area contributed by atoms with Gasteiger partial charge >= 0.3 is 0 Å². The Hall–Kier alpha value is -0.970. The largest absolute Gasteiger partial charge is 0.484 e. The van der Waals surface area contributed by atoms with Crippen LogP contribution in [-0.2, 0) is 0 Å². The van der Waals surface area contributed by atoms with E-state index in [2.05, 4.69) is 10.2 Å². The van der Waals surface area contributed by atoms with Crippen LogP contribution in [0.25, 0.3) is 0 Å².